The summed E-state index contributed by atoms with van der Waals surface area (Å²) in [4.78, 5) is 40.1. The molecule has 1 fully saturated rings. The van der Waals surface area contributed by atoms with Gasteiger partial charge in [-0.3, -0.25) is 24.2 Å². The lowest BCUT2D eigenvalue weighted by molar-refractivity contribution is -0.124. The SMILES string of the molecule is CC(C)N1CCC(C)(C(=O)Nc2ccc3c(c2)C(=O)N(C)C3=O)C1. The van der Waals surface area contributed by atoms with Crippen LogP contribution in [-0.4, -0.2) is 53.7 Å². The minimum Gasteiger partial charge on any atom is -0.326 e. The van der Waals surface area contributed by atoms with Crippen molar-refractivity contribution in [3.05, 3.63) is 29.3 Å². The molecule has 3 amide bonds. The second-order valence-electron chi connectivity index (χ2n) is 7.26. The van der Waals surface area contributed by atoms with E-state index < -0.39 is 5.41 Å². The Morgan fingerprint density at radius 3 is 2.50 bits per heavy atom. The first-order valence-corrected chi connectivity index (χ1v) is 8.25. The van der Waals surface area contributed by atoms with Crippen LogP contribution in [0.25, 0.3) is 0 Å². The molecule has 128 valence electrons. The fourth-order valence-corrected chi connectivity index (χ4v) is 3.34. The van der Waals surface area contributed by atoms with Gasteiger partial charge in [0.05, 0.1) is 16.5 Å². The molecule has 1 N–H and O–H groups in total. The van der Waals surface area contributed by atoms with E-state index in [9.17, 15) is 14.4 Å². The summed E-state index contributed by atoms with van der Waals surface area (Å²) in [5.41, 5.74) is 0.846. The van der Waals surface area contributed by atoms with Crippen LogP contribution in [0.5, 0.6) is 0 Å². The number of nitrogens with one attached hydrogen (secondary N) is 1. The number of fused-ring (bicyclic) bond motifs is 1. The van der Waals surface area contributed by atoms with Gasteiger partial charge in [-0.2, -0.15) is 0 Å². The number of benzene rings is 1. The number of rotatable bonds is 3. The van der Waals surface area contributed by atoms with Crippen molar-refractivity contribution in [2.75, 3.05) is 25.5 Å². The first-order valence-electron chi connectivity index (χ1n) is 8.25. The maximum atomic E-state index is 12.7. The highest BCUT2D eigenvalue weighted by Crippen LogP contribution is 2.33. The lowest BCUT2D eigenvalue weighted by Crippen LogP contribution is -2.38. The average Bonchev–Trinajstić information content (AvgIpc) is 3.04. The summed E-state index contributed by atoms with van der Waals surface area (Å²) in [5, 5.41) is 2.92. The van der Waals surface area contributed by atoms with Crippen molar-refractivity contribution >= 4 is 23.4 Å². The van der Waals surface area contributed by atoms with Crippen LogP contribution in [0.15, 0.2) is 18.2 Å². The Morgan fingerprint density at radius 2 is 1.88 bits per heavy atom. The Bertz CT molecular complexity index is 728. The topological polar surface area (TPSA) is 69.7 Å². The van der Waals surface area contributed by atoms with E-state index in [2.05, 4.69) is 24.1 Å². The molecule has 0 aliphatic carbocycles. The molecule has 6 nitrogen and oxygen atoms in total. The molecule has 2 aliphatic rings. The number of anilines is 1. The average molecular weight is 329 g/mol. The summed E-state index contributed by atoms with van der Waals surface area (Å²) in [7, 11) is 1.46. The van der Waals surface area contributed by atoms with Crippen molar-refractivity contribution in [2.45, 2.75) is 33.2 Å². The third-order valence-electron chi connectivity index (χ3n) is 5.13. The van der Waals surface area contributed by atoms with Crippen LogP contribution < -0.4 is 5.32 Å². The lowest BCUT2D eigenvalue weighted by Gasteiger charge is -2.25. The highest BCUT2D eigenvalue weighted by atomic mass is 16.2. The summed E-state index contributed by atoms with van der Waals surface area (Å²) < 4.78 is 0. The molecular formula is C18H23N3O3. The van der Waals surface area contributed by atoms with Crippen LogP contribution in [0.4, 0.5) is 5.69 Å². The van der Waals surface area contributed by atoms with Gasteiger partial charge in [0.15, 0.2) is 0 Å². The molecule has 1 unspecified atom stereocenters. The van der Waals surface area contributed by atoms with Crippen molar-refractivity contribution < 1.29 is 14.4 Å². The third kappa shape index (κ3) is 2.60. The second-order valence-corrected chi connectivity index (χ2v) is 7.26. The van der Waals surface area contributed by atoms with Gasteiger partial charge in [-0.25, -0.2) is 0 Å². The Balaban J connectivity index is 1.77. The van der Waals surface area contributed by atoms with Crippen molar-refractivity contribution in [2.24, 2.45) is 5.41 Å². The standard InChI is InChI=1S/C18H23N3O3/c1-11(2)21-8-7-18(3,10-21)17(24)19-12-5-6-13-14(9-12)16(23)20(4)15(13)22/h5-6,9,11H,7-8,10H2,1-4H3,(H,19,24). The number of imide groups is 1. The Hall–Kier alpha value is -2.21. The molecule has 3 rings (SSSR count). The number of likely N-dealkylation sites (tertiary alicyclic amines) is 1. The molecule has 6 heteroatoms. The summed E-state index contributed by atoms with van der Waals surface area (Å²) in [6.07, 6.45) is 0.808. The van der Waals surface area contributed by atoms with Gasteiger partial charge in [0, 0.05) is 25.3 Å². The zero-order chi connectivity index (χ0) is 17.6. The minimum absolute atomic E-state index is 0.0456. The van der Waals surface area contributed by atoms with Crippen molar-refractivity contribution in [1.82, 2.24) is 9.80 Å². The lowest BCUT2D eigenvalue weighted by atomic mass is 9.88. The third-order valence-corrected chi connectivity index (χ3v) is 5.13. The van der Waals surface area contributed by atoms with Crippen LogP contribution in [-0.2, 0) is 4.79 Å². The number of amides is 3. The van der Waals surface area contributed by atoms with E-state index in [0.29, 0.717) is 22.9 Å². The predicted molar refractivity (Wildman–Crippen MR) is 90.9 cm³/mol. The molecule has 1 aromatic rings. The van der Waals surface area contributed by atoms with Crippen LogP contribution in [0, 0.1) is 5.41 Å². The summed E-state index contributed by atoms with van der Waals surface area (Å²) in [6.45, 7) is 7.86. The zero-order valence-corrected chi connectivity index (χ0v) is 14.5. The van der Waals surface area contributed by atoms with E-state index in [0.717, 1.165) is 24.4 Å². The molecule has 1 atom stereocenters. The highest BCUT2D eigenvalue weighted by molar-refractivity contribution is 6.21. The van der Waals surface area contributed by atoms with E-state index in [1.807, 2.05) is 6.92 Å². The van der Waals surface area contributed by atoms with Gasteiger partial charge >= 0.3 is 0 Å². The molecule has 0 bridgehead atoms. The highest BCUT2D eigenvalue weighted by Gasteiger charge is 2.41. The van der Waals surface area contributed by atoms with Crippen molar-refractivity contribution in [3.63, 3.8) is 0 Å². The molecule has 2 heterocycles. The molecule has 0 radical (unpaired) electrons. The molecule has 0 aromatic heterocycles. The van der Waals surface area contributed by atoms with E-state index in [1.54, 1.807) is 18.2 Å². The molecular weight excluding hydrogens is 306 g/mol. The zero-order valence-electron chi connectivity index (χ0n) is 14.5. The van der Waals surface area contributed by atoms with E-state index in [4.69, 9.17) is 0 Å². The number of hydrogen-bond acceptors (Lipinski definition) is 4. The van der Waals surface area contributed by atoms with Crippen LogP contribution in [0.2, 0.25) is 0 Å². The maximum absolute atomic E-state index is 12.7. The molecule has 1 aromatic carbocycles. The number of carbonyl (C=O) groups excluding carboxylic acids is 3. The summed E-state index contributed by atoms with van der Waals surface area (Å²) in [5.74, 6) is -0.678. The molecule has 2 aliphatic heterocycles. The fourth-order valence-electron chi connectivity index (χ4n) is 3.34. The Morgan fingerprint density at radius 1 is 1.21 bits per heavy atom. The van der Waals surface area contributed by atoms with Crippen LogP contribution in [0.3, 0.4) is 0 Å². The normalized spacial score (nSPS) is 24.0. The first kappa shape index (κ1) is 16.6. The fraction of sp³-hybridized carbons (Fsp3) is 0.500. The largest absolute Gasteiger partial charge is 0.326 e. The van der Waals surface area contributed by atoms with Crippen LogP contribution in [0.1, 0.15) is 47.9 Å². The number of nitrogens with zero attached hydrogens (tertiary/aromatic N) is 2. The second kappa shape index (κ2) is 5.70. The Kier molecular flexibility index (Phi) is 3.95. The van der Waals surface area contributed by atoms with Crippen molar-refractivity contribution in [3.8, 4) is 0 Å². The minimum atomic E-state index is -0.445. The molecule has 24 heavy (non-hydrogen) atoms. The van der Waals surface area contributed by atoms with Gasteiger partial charge in [0.1, 0.15) is 0 Å². The molecule has 1 saturated heterocycles. The smallest absolute Gasteiger partial charge is 0.261 e. The van der Waals surface area contributed by atoms with E-state index in [1.165, 1.54) is 7.05 Å². The monoisotopic (exact) mass is 329 g/mol. The van der Waals surface area contributed by atoms with Gasteiger partial charge < -0.3 is 5.32 Å². The predicted octanol–water partition coefficient (Wildman–Crippen LogP) is 1.97. The Labute approximate surface area is 141 Å². The summed E-state index contributed by atoms with van der Waals surface area (Å²) in [6, 6.07) is 5.29. The number of carbonyl (C=O) groups is 3. The maximum Gasteiger partial charge on any atom is 0.261 e. The van der Waals surface area contributed by atoms with Gasteiger partial charge in [-0.15, -0.1) is 0 Å². The van der Waals surface area contributed by atoms with Crippen molar-refractivity contribution in [1.29, 1.82) is 0 Å². The summed E-state index contributed by atoms with van der Waals surface area (Å²) >= 11 is 0. The molecule has 0 saturated carbocycles. The first-order chi connectivity index (χ1) is 11.2. The van der Waals surface area contributed by atoms with E-state index in [-0.39, 0.29) is 17.7 Å². The van der Waals surface area contributed by atoms with Gasteiger partial charge in [-0.05, 0) is 51.9 Å². The van der Waals surface area contributed by atoms with Gasteiger partial charge in [0.25, 0.3) is 11.8 Å². The van der Waals surface area contributed by atoms with Gasteiger partial charge in [0.2, 0.25) is 5.91 Å². The quantitative estimate of drug-likeness (QED) is 0.861. The number of hydrogen-bond donors (Lipinski definition) is 1. The van der Waals surface area contributed by atoms with Gasteiger partial charge in [-0.1, -0.05) is 0 Å². The van der Waals surface area contributed by atoms with Crippen LogP contribution >= 0.6 is 0 Å². The molecule has 0 spiro atoms. The van der Waals surface area contributed by atoms with E-state index >= 15 is 0 Å².